The van der Waals surface area contributed by atoms with Gasteiger partial charge in [0, 0.05) is 17.4 Å². The first kappa shape index (κ1) is 9.72. The van der Waals surface area contributed by atoms with Crippen LogP contribution in [0.15, 0.2) is 48.9 Å². The number of nitrogens with zero attached hydrogens (tertiary/aromatic N) is 3. The van der Waals surface area contributed by atoms with Gasteiger partial charge in [-0.3, -0.25) is 9.36 Å². The predicted octanol–water partition coefficient (Wildman–Crippen LogP) is 2.23. The van der Waals surface area contributed by atoms with Crippen molar-refractivity contribution in [3.05, 3.63) is 54.5 Å². The summed E-state index contributed by atoms with van der Waals surface area (Å²) in [5.74, 6) is 0. The van der Waals surface area contributed by atoms with Gasteiger partial charge in [0.2, 0.25) is 0 Å². The lowest BCUT2D eigenvalue weighted by molar-refractivity contribution is 0.112. The van der Waals surface area contributed by atoms with E-state index in [0.29, 0.717) is 5.56 Å². The van der Waals surface area contributed by atoms with Crippen LogP contribution in [0.5, 0.6) is 0 Å². The van der Waals surface area contributed by atoms with Gasteiger partial charge in [0.25, 0.3) is 0 Å². The zero-order chi connectivity index (χ0) is 11.7. The molecule has 3 rings (SSSR count). The number of carbonyl (C=O) groups is 1. The molecule has 3 aromatic rings. The lowest BCUT2D eigenvalue weighted by Crippen LogP contribution is -1.93. The van der Waals surface area contributed by atoms with E-state index in [1.54, 1.807) is 24.7 Å². The van der Waals surface area contributed by atoms with Crippen LogP contribution in [0, 0.1) is 0 Å². The number of carbonyl (C=O) groups excluding carboxylic acids is 1. The zero-order valence-electron chi connectivity index (χ0n) is 8.95. The second-order valence-electron chi connectivity index (χ2n) is 3.67. The molecular formula is C13H9N3O. The fraction of sp³-hybridized carbons (Fsp3) is 0. The normalized spacial score (nSPS) is 10.6. The Morgan fingerprint density at radius 1 is 1.06 bits per heavy atom. The molecule has 0 saturated heterocycles. The van der Waals surface area contributed by atoms with Crippen LogP contribution in [0.2, 0.25) is 0 Å². The quantitative estimate of drug-likeness (QED) is 0.626. The molecule has 0 bridgehead atoms. The maximum atomic E-state index is 10.6. The highest BCUT2D eigenvalue weighted by Gasteiger charge is 2.04. The first-order valence-electron chi connectivity index (χ1n) is 5.22. The van der Waals surface area contributed by atoms with E-state index >= 15 is 0 Å². The summed E-state index contributed by atoms with van der Waals surface area (Å²) < 4.78 is 1.89. The highest BCUT2D eigenvalue weighted by Crippen LogP contribution is 2.15. The molecule has 0 N–H and O–H groups in total. The van der Waals surface area contributed by atoms with Crippen LogP contribution in [-0.4, -0.2) is 20.8 Å². The summed E-state index contributed by atoms with van der Waals surface area (Å²) in [6, 6.07) is 11.1. The number of hydrogen-bond donors (Lipinski definition) is 0. The number of pyridine rings is 1. The average Bonchev–Trinajstić information content (AvgIpc) is 2.83. The van der Waals surface area contributed by atoms with Gasteiger partial charge >= 0.3 is 0 Å². The summed E-state index contributed by atoms with van der Waals surface area (Å²) >= 11 is 0. The van der Waals surface area contributed by atoms with Crippen LogP contribution >= 0.6 is 0 Å². The average molecular weight is 223 g/mol. The number of imidazole rings is 1. The summed E-state index contributed by atoms with van der Waals surface area (Å²) in [7, 11) is 0. The van der Waals surface area contributed by atoms with E-state index in [2.05, 4.69) is 9.97 Å². The predicted molar refractivity (Wildman–Crippen MR) is 64.3 cm³/mol. The van der Waals surface area contributed by atoms with E-state index in [4.69, 9.17) is 0 Å². The fourth-order valence-electron chi connectivity index (χ4n) is 1.75. The number of fused-ring (bicyclic) bond motifs is 1. The first-order valence-corrected chi connectivity index (χ1v) is 5.22. The topological polar surface area (TPSA) is 47.8 Å². The third kappa shape index (κ3) is 1.59. The Balaban J connectivity index is 2.16. The van der Waals surface area contributed by atoms with E-state index in [1.165, 1.54) is 0 Å². The first-order chi connectivity index (χ1) is 8.38. The largest absolute Gasteiger partial charge is 0.298 e. The molecule has 0 aliphatic carbocycles. The Morgan fingerprint density at radius 3 is 2.65 bits per heavy atom. The highest BCUT2D eigenvalue weighted by molar-refractivity contribution is 5.76. The fourth-order valence-corrected chi connectivity index (χ4v) is 1.75. The summed E-state index contributed by atoms with van der Waals surface area (Å²) in [5, 5.41) is 0. The number of benzene rings is 1. The number of hydrogen-bond acceptors (Lipinski definition) is 3. The van der Waals surface area contributed by atoms with Crippen LogP contribution in [0.25, 0.3) is 16.9 Å². The van der Waals surface area contributed by atoms with Gasteiger partial charge in [-0.2, -0.15) is 0 Å². The second kappa shape index (κ2) is 3.83. The van der Waals surface area contributed by atoms with Crippen LogP contribution in [0.1, 0.15) is 10.4 Å². The number of rotatable bonds is 2. The number of aromatic nitrogens is 3. The van der Waals surface area contributed by atoms with Gasteiger partial charge in [-0.05, 0) is 36.4 Å². The van der Waals surface area contributed by atoms with E-state index in [0.717, 1.165) is 23.1 Å². The Kier molecular flexibility index (Phi) is 2.19. The third-order valence-corrected chi connectivity index (χ3v) is 2.61. The van der Waals surface area contributed by atoms with E-state index in [9.17, 15) is 4.79 Å². The molecule has 0 amide bonds. The van der Waals surface area contributed by atoms with Crippen LogP contribution in [-0.2, 0) is 0 Å². The molecule has 0 unspecified atom stereocenters. The summed E-state index contributed by atoms with van der Waals surface area (Å²) in [4.78, 5) is 19.1. The van der Waals surface area contributed by atoms with Gasteiger partial charge in [-0.1, -0.05) is 0 Å². The molecule has 0 saturated carbocycles. The minimum Gasteiger partial charge on any atom is -0.298 e. The van der Waals surface area contributed by atoms with Gasteiger partial charge in [-0.15, -0.1) is 0 Å². The van der Waals surface area contributed by atoms with Crippen LogP contribution in [0.3, 0.4) is 0 Å². The molecule has 0 spiro atoms. The molecule has 2 aromatic heterocycles. The highest BCUT2D eigenvalue weighted by atomic mass is 16.1. The molecule has 0 aliphatic heterocycles. The SMILES string of the molecule is O=Cc1ccc(-n2cnc3cccnc32)cc1. The molecule has 0 atom stereocenters. The lowest BCUT2D eigenvalue weighted by Gasteiger charge is -2.02. The van der Waals surface area contributed by atoms with Gasteiger partial charge in [0.15, 0.2) is 5.65 Å². The maximum Gasteiger partial charge on any atom is 0.164 e. The van der Waals surface area contributed by atoms with Crippen LogP contribution < -0.4 is 0 Å². The van der Waals surface area contributed by atoms with Crippen molar-refractivity contribution < 1.29 is 4.79 Å². The Hall–Kier alpha value is -2.49. The minimum atomic E-state index is 0.658. The van der Waals surface area contributed by atoms with Crippen molar-refractivity contribution >= 4 is 17.5 Å². The Morgan fingerprint density at radius 2 is 1.88 bits per heavy atom. The molecule has 0 fully saturated rings. The molecule has 4 heteroatoms. The zero-order valence-corrected chi connectivity index (χ0v) is 8.95. The van der Waals surface area contributed by atoms with Gasteiger partial charge in [0.1, 0.15) is 18.1 Å². The maximum absolute atomic E-state index is 10.6. The third-order valence-electron chi connectivity index (χ3n) is 2.61. The van der Waals surface area contributed by atoms with Crippen molar-refractivity contribution in [3.63, 3.8) is 0 Å². The number of aldehydes is 1. The van der Waals surface area contributed by atoms with Crippen molar-refractivity contribution in [2.75, 3.05) is 0 Å². The van der Waals surface area contributed by atoms with E-state index < -0.39 is 0 Å². The smallest absolute Gasteiger partial charge is 0.164 e. The molecule has 0 radical (unpaired) electrons. The molecule has 0 aliphatic rings. The van der Waals surface area contributed by atoms with Crippen molar-refractivity contribution in [2.24, 2.45) is 0 Å². The Labute approximate surface area is 97.6 Å². The summed E-state index contributed by atoms with van der Waals surface area (Å²) in [6.45, 7) is 0. The molecule has 4 nitrogen and oxygen atoms in total. The van der Waals surface area contributed by atoms with E-state index in [-0.39, 0.29) is 0 Å². The lowest BCUT2D eigenvalue weighted by atomic mass is 10.2. The molecular weight excluding hydrogens is 214 g/mol. The van der Waals surface area contributed by atoms with Gasteiger partial charge < -0.3 is 0 Å². The van der Waals surface area contributed by atoms with Crippen molar-refractivity contribution in [3.8, 4) is 5.69 Å². The molecule has 2 heterocycles. The summed E-state index contributed by atoms with van der Waals surface area (Å²) in [5.41, 5.74) is 3.27. The standard InChI is InChI=1S/C13H9N3O/c17-8-10-3-5-11(6-4-10)16-9-15-12-2-1-7-14-13(12)16/h1-9H. The van der Waals surface area contributed by atoms with Crippen molar-refractivity contribution in [1.29, 1.82) is 0 Å². The second-order valence-corrected chi connectivity index (χ2v) is 3.67. The minimum absolute atomic E-state index is 0.658. The Bertz CT molecular complexity index is 670. The van der Waals surface area contributed by atoms with Gasteiger partial charge in [0.05, 0.1) is 0 Å². The molecule has 1 aromatic carbocycles. The van der Waals surface area contributed by atoms with Gasteiger partial charge in [-0.25, -0.2) is 9.97 Å². The van der Waals surface area contributed by atoms with E-state index in [1.807, 2.05) is 28.8 Å². The van der Waals surface area contributed by atoms with Crippen molar-refractivity contribution in [1.82, 2.24) is 14.5 Å². The molecule has 82 valence electrons. The van der Waals surface area contributed by atoms with Crippen molar-refractivity contribution in [2.45, 2.75) is 0 Å². The molecule has 17 heavy (non-hydrogen) atoms. The summed E-state index contributed by atoms with van der Waals surface area (Å²) in [6.07, 6.45) is 4.29. The monoisotopic (exact) mass is 223 g/mol. The van der Waals surface area contributed by atoms with Crippen LogP contribution in [0.4, 0.5) is 0 Å².